The van der Waals surface area contributed by atoms with Crippen LogP contribution in [-0.4, -0.2) is 18.6 Å². The van der Waals surface area contributed by atoms with Crippen molar-refractivity contribution in [2.75, 3.05) is 6.54 Å². The van der Waals surface area contributed by atoms with Crippen molar-refractivity contribution in [2.45, 2.75) is 38.3 Å². The van der Waals surface area contributed by atoms with E-state index in [0.717, 1.165) is 29.9 Å². The van der Waals surface area contributed by atoms with Crippen molar-refractivity contribution in [2.24, 2.45) is 0 Å². The van der Waals surface area contributed by atoms with Crippen molar-refractivity contribution in [3.8, 4) is 11.5 Å². The van der Waals surface area contributed by atoms with Crippen molar-refractivity contribution >= 4 is 5.97 Å². The number of carbonyl (C=O) groups is 1. The largest absolute Gasteiger partial charge is 0.460 e. The average molecular weight is 480 g/mol. The van der Waals surface area contributed by atoms with Crippen LogP contribution in [0.3, 0.4) is 0 Å². The molecule has 0 bridgehead atoms. The second-order valence-electron chi connectivity index (χ2n) is 8.93. The van der Waals surface area contributed by atoms with Crippen LogP contribution in [-0.2, 0) is 22.6 Å². The fraction of sp³-hybridized carbons (Fsp3) is 0.219. The van der Waals surface area contributed by atoms with E-state index in [1.54, 1.807) is 0 Å². The molecule has 0 heterocycles. The fourth-order valence-electron chi connectivity index (χ4n) is 4.26. The highest BCUT2D eigenvalue weighted by molar-refractivity contribution is 5.71. The molecule has 0 aliphatic carbocycles. The Labute approximate surface area is 213 Å². The number of carbonyl (C=O) groups excluding carboxylic acids is 1. The van der Waals surface area contributed by atoms with E-state index in [2.05, 4.69) is 48.6 Å². The van der Waals surface area contributed by atoms with Crippen LogP contribution in [0.5, 0.6) is 11.5 Å². The average Bonchev–Trinajstić information content (AvgIpc) is 2.93. The smallest absolute Gasteiger partial charge is 0.320 e. The second kappa shape index (κ2) is 13.3. The molecule has 0 saturated heterocycles. The summed E-state index contributed by atoms with van der Waals surface area (Å²) in [5.74, 6) is 1.59. The second-order valence-corrected chi connectivity index (χ2v) is 8.93. The highest BCUT2D eigenvalue weighted by atomic mass is 16.5. The maximum Gasteiger partial charge on any atom is 0.320 e. The third-order valence-corrected chi connectivity index (χ3v) is 6.29. The van der Waals surface area contributed by atoms with Gasteiger partial charge in [0.25, 0.3) is 0 Å². The Morgan fingerprint density at radius 3 is 1.92 bits per heavy atom. The maximum absolute atomic E-state index is 12.4. The molecule has 4 aromatic rings. The standard InChI is InChI=1S/C32H33NO3/c1-25(33-23-32(34)35-24-27-13-7-3-8-14-27)31(22-17-26-11-5-2-6-12-26)28-18-20-30(21-19-28)36-29-15-9-4-10-16-29/h2-16,18-21,25,31,33H,17,22-24H2,1H3/t25-,31+/m1/s1. The Kier molecular flexibility index (Phi) is 9.29. The molecule has 0 unspecified atom stereocenters. The Morgan fingerprint density at radius 1 is 0.722 bits per heavy atom. The lowest BCUT2D eigenvalue weighted by Crippen LogP contribution is -2.36. The van der Waals surface area contributed by atoms with Crippen molar-refractivity contribution in [3.05, 3.63) is 132 Å². The predicted octanol–water partition coefficient (Wildman–Crippen LogP) is 6.92. The van der Waals surface area contributed by atoms with E-state index in [4.69, 9.17) is 9.47 Å². The van der Waals surface area contributed by atoms with E-state index in [1.807, 2.05) is 78.9 Å². The number of hydrogen-bond acceptors (Lipinski definition) is 4. The normalized spacial score (nSPS) is 12.5. The number of benzene rings is 4. The summed E-state index contributed by atoms with van der Waals surface area (Å²) in [6.45, 7) is 2.59. The van der Waals surface area contributed by atoms with Gasteiger partial charge in [-0.3, -0.25) is 4.79 Å². The first-order chi connectivity index (χ1) is 17.7. The van der Waals surface area contributed by atoms with E-state index in [0.29, 0.717) is 0 Å². The van der Waals surface area contributed by atoms with Crippen LogP contribution in [0.2, 0.25) is 0 Å². The maximum atomic E-state index is 12.4. The van der Waals surface area contributed by atoms with E-state index in [-0.39, 0.29) is 31.1 Å². The third kappa shape index (κ3) is 7.82. The summed E-state index contributed by atoms with van der Waals surface area (Å²) in [7, 11) is 0. The molecule has 0 saturated carbocycles. The minimum atomic E-state index is -0.251. The molecule has 0 fully saturated rings. The first kappa shape index (κ1) is 25.2. The monoisotopic (exact) mass is 479 g/mol. The van der Waals surface area contributed by atoms with E-state index < -0.39 is 0 Å². The fourth-order valence-corrected chi connectivity index (χ4v) is 4.26. The Hall–Kier alpha value is -3.89. The summed E-state index contributed by atoms with van der Waals surface area (Å²) < 4.78 is 11.4. The molecule has 4 nitrogen and oxygen atoms in total. The third-order valence-electron chi connectivity index (χ3n) is 6.29. The zero-order valence-electron chi connectivity index (χ0n) is 20.7. The quantitative estimate of drug-likeness (QED) is 0.224. The highest BCUT2D eigenvalue weighted by Gasteiger charge is 2.20. The van der Waals surface area contributed by atoms with Gasteiger partial charge in [-0.2, -0.15) is 0 Å². The van der Waals surface area contributed by atoms with E-state index >= 15 is 0 Å². The number of para-hydroxylation sites is 1. The van der Waals surface area contributed by atoms with Gasteiger partial charge in [0.05, 0.1) is 6.54 Å². The molecule has 0 radical (unpaired) electrons. The minimum absolute atomic E-state index is 0.0823. The molecule has 0 aliphatic rings. The molecule has 0 amide bonds. The van der Waals surface area contributed by atoms with Gasteiger partial charge in [-0.15, -0.1) is 0 Å². The van der Waals surface area contributed by atoms with Gasteiger partial charge in [0.2, 0.25) is 0 Å². The number of esters is 1. The van der Waals surface area contributed by atoms with Gasteiger partial charge in [0.15, 0.2) is 0 Å². The van der Waals surface area contributed by atoms with Crippen molar-refractivity contribution < 1.29 is 14.3 Å². The molecule has 36 heavy (non-hydrogen) atoms. The molecule has 4 rings (SSSR count). The van der Waals surface area contributed by atoms with Crippen LogP contribution in [0, 0.1) is 0 Å². The molecule has 184 valence electrons. The molecular formula is C32H33NO3. The van der Waals surface area contributed by atoms with Crippen LogP contribution in [0.15, 0.2) is 115 Å². The summed E-state index contributed by atoms with van der Waals surface area (Å²) >= 11 is 0. The number of ether oxygens (including phenoxy) is 2. The number of aryl methyl sites for hydroxylation is 1. The Morgan fingerprint density at radius 2 is 1.28 bits per heavy atom. The summed E-state index contributed by atoms with van der Waals surface area (Å²) in [5.41, 5.74) is 3.50. The van der Waals surface area contributed by atoms with E-state index in [9.17, 15) is 4.79 Å². The molecule has 0 aromatic heterocycles. The lowest BCUT2D eigenvalue weighted by atomic mass is 9.87. The topological polar surface area (TPSA) is 47.6 Å². The van der Waals surface area contributed by atoms with Crippen LogP contribution in [0.1, 0.15) is 36.0 Å². The van der Waals surface area contributed by atoms with Gasteiger partial charge in [-0.1, -0.05) is 91.0 Å². The SMILES string of the molecule is C[C@@H](NCC(=O)OCc1ccccc1)[C@H](CCc1ccccc1)c1ccc(Oc2ccccc2)cc1. The molecule has 0 aliphatic heterocycles. The summed E-state index contributed by atoms with van der Waals surface area (Å²) in [4.78, 5) is 12.4. The lowest BCUT2D eigenvalue weighted by molar-refractivity contribution is -0.144. The van der Waals surface area contributed by atoms with E-state index in [1.165, 1.54) is 11.1 Å². The van der Waals surface area contributed by atoms with Gasteiger partial charge in [0.1, 0.15) is 18.1 Å². The van der Waals surface area contributed by atoms with Gasteiger partial charge >= 0.3 is 5.97 Å². The highest BCUT2D eigenvalue weighted by Crippen LogP contribution is 2.29. The molecule has 0 spiro atoms. The number of rotatable bonds is 12. The first-order valence-corrected chi connectivity index (χ1v) is 12.5. The lowest BCUT2D eigenvalue weighted by Gasteiger charge is -2.26. The summed E-state index contributed by atoms with van der Waals surface area (Å²) in [6, 6.07) is 38.4. The zero-order valence-corrected chi connectivity index (χ0v) is 20.7. The molecule has 4 aromatic carbocycles. The summed E-state index contributed by atoms with van der Waals surface area (Å²) in [5, 5.41) is 3.40. The summed E-state index contributed by atoms with van der Waals surface area (Å²) in [6.07, 6.45) is 1.91. The van der Waals surface area contributed by atoms with Crippen molar-refractivity contribution in [1.82, 2.24) is 5.32 Å². The van der Waals surface area contributed by atoms with Gasteiger partial charge in [-0.05, 0) is 66.6 Å². The van der Waals surface area contributed by atoms with Gasteiger partial charge in [-0.25, -0.2) is 0 Å². The Bertz CT molecular complexity index is 1180. The number of hydrogen-bond donors (Lipinski definition) is 1. The predicted molar refractivity (Wildman–Crippen MR) is 144 cm³/mol. The van der Waals surface area contributed by atoms with Gasteiger partial charge < -0.3 is 14.8 Å². The van der Waals surface area contributed by atoms with Crippen molar-refractivity contribution in [1.29, 1.82) is 0 Å². The Balaban J connectivity index is 1.38. The first-order valence-electron chi connectivity index (χ1n) is 12.5. The van der Waals surface area contributed by atoms with Crippen LogP contribution >= 0.6 is 0 Å². The van der Waals surface area contributed by atoms with Crippen LogP contribution in [0.25, 0.3) is 0 Å². The molecule has 4 heteroatoms. The minimum Gasteiger partial charge on any atom is -0.460 e. The molecule has 1 N–H and O–H groups in total. The van der Waals surface area contributed by atoms with Crippen LogP contribution < -0.4 is 10.1 Å². The molecule has 2 atom stereocenters. The molecular weight excluding hydrogens is 446 g/mol. The van der Waals surface area contributed by atoms with Crippen molar-refractivity contribution in [3.63, 3.8) is 0 Å². The van der Waals surface area contributed by atoms with Gasteiger partial charge in [0, 0.05) is 6.04 Å². The zero-order chi connectivity index (χ0) is 25.0. The number of nitrogens with one attached hydrogen (secondary N) is 1. The van der Waals surface area contributed by atoms with Crippen LogP contribution in [0.4, 0.5) is 0 Å².